The van der Waals surface area contributed by atoms with Gasteiger partial charge in [-0.2, -0.15) is 5.10 Å². The highest BCUT2D eigenvalue weighted by Crippen LogP contribution is 2.16. The van der Waals surface area contributed by atoms with Crippen molar-refractivity contribution in [3.63, 3.8) is 0 Å². The summed E-state index contributed by atoms with van der Waals surface area (Å²) in [5.41, 5.74) is -0.120. The summed E-state index contributed by atoms with van der Waals surface area (Å²) in [6, 6.07) is 0. The van der Waals surface area contributed by atoms with E-state index in [1.54, 1.807) is 10.9 Å². The molecular weight excluding hydrogens is 184 g/mol. The molecule has 0 unspecified atom stereocenters. The summed E-state index contributed by atoms with van der Waals surface area (Å²) in [4.78, 5) is 10.2. The van der Waals surface area contributed by atoms with Crippen LogP contribution in [0.5, 0.6) is 5.75 Å². The number of carboxylic acid groups (broad SMARTS) is 1. The molecule has 1 heterocycles. The Morgan fingerprint density at radius 1 is 1.64 bits per heavy atom. The second-order valence-electron chi connectivity index (χ2n) is 3.97. The summed E-state index contributed by atoms with van der Waals surface area (Å²) >= 11 is 0. The topological polar surface area (TPSA) is 64.3 Å². The molecule has 0 fully saturated rings. The van der Waals surface area contributed by atoms with Crippen LogP contribution in [0.15, 0.2) is 12.4 Å². The van der Waals surface area contributed by atoms with Gasteiger partial charge in [0.15, 0.2) is 12.4 Å². The molecule has 5 nitrogen and oxygen atoms in total. The lowest BCUT2D eigenvalue weighted by Gasteiger charge is -2.18. The number of carboxylic acids is 1. The van der Waals surface area contributed by atoms with E-state index in [1.165, 1.54) is 6.20 Å². The van der Waals surface area contributed by atoms with Crippen molar-refractivity contribution in [2.45, 2.75) is 26.3 Å². The standard InChI is InChI=1S/C9H14N2O3/c1-9(2,3)11-5-7(4-10-11)14-6-8(12)13/h4-5H,6H2,1-3H3,(H,12,13). The number of hydrogen-bond donors (Lipinski definition) is 1. The minimum Gasteiger partial charge on any atom is -0.479 e. The molecule has 0 atom stereocenters. The number of aromatic nitrogens is 2. The van der Waals surface area contributed by atoms with Crippen LogP contribution in [-0.4, -0.2) is 27.5 Å². The van der Waals surface area contributed by atoms with Crippen molar-refractivity contribution >= 4 is 5.97 Å². The third-order valence-corrected chi connectivity index (χ3v) is 1.61. The molecule has 0 bridgehead atoms. The number of ether oxygens (including phenoxy) is 1. The van der Waals surface area contributed by atoms with E-state index in [-0.39, 0.29) is 12.1 Å². The van der Waals surface area contributed by atoms with Crippen molar-refractivity contribution in [3.8, 4) is 5.75 Å². The summed E-state index contributed by atoms with van der Waals surface area (Å²) < 4.78 is 6.69. The summed E-state index contributed by atoms with van der Waals surface area (Å²) in [6.45, 7) is 5.67. The Morgan fingerprint density at radius 3 is 2.71 bits per heavy atom. The average molecular weight is 198 g/mol. The fraction of sp³-hybridized carbons (Fsp3) is 0.556. The molecule has 78 valence electrons. The fourth-order valence-electron chi connectivity index (χ4n) is 0.893. The average Bonchev–Trinajstić information content (AvgIpc) is 2.47. The van der Waals surface area contributed by atoms with Gasteiger partial charge in [-0.1, -0.05) is 0 Å². The SMILES string of the molecule is CC(C)(C)n1cc(OCC(=O)O)cn1. The van der Waals surface area contributed by atoms with Gasteiger partial charge in [0.1, 0.15) is 0 Å². The van der Waals surface area contributed by atoms with Crippen LogP contribution < -0.4 is 4.74 Å². The first-order valence-corrected chi connectivity index (χ1v) is 4.29. The van der Waals surface area contributed by atoms with Crippen LogP contribution in [0.4, 0.5) is 0 Å². The number of nitrogens with zero attached hydrogens (tertiary/aromatic N) is 2. The van der Waals surface area contributed by atoms with Crippen LogP contribution in [0, 0.1) is 0 Å². The summed E-state index contributed by atoms with van der Waals surface area (Å²) in [5, 5.41) is 12.5. The molecule has 0 aromatic carbocycles. The van der Waals surface area contributed by atoms with Crippen LogP contribution in [0.2, 0.25) is 0 Å². The Labute approximate surface area is 82.3 Å². The highest BCUT2D eigenvalue weighted by atomic mass is 16.5. The van der Waals surface area contributed by atoms with E-state index in [2.05, 4.69) is 5.10 Å². The molecule has 0 spiro atoms. The molecular formula is C9H14N2O3. The molecule has 0 saturated heterocycles. The third kappa shape index (κ3) is 2.76. The molecule has 1 rings (SSSR count). The number of hydrogen-bond acceptors (Lipinski definition) is 3. The molecule has 1 aromatic rings. The molecule has 5 heteroatoms. The monoisotopic (exact) mass is 198 g/mol. The lowest BCUT2D eigenvalue weighted by Crippen LogP contribution is -2.21. The second kappa shape index (κ2) is 3.69. The maximum absolute atomic E-state index is 10.2. The quantitative estimate of drug-likeness (QED) is 0.789. The van der Waals surface area contributed by atoms with Crippen LogP contribution in [0.1, 0.15) is 20.8 Å². The van der Waals surface area contributed by atoms with E-state index in [0.29, 0.717) is 5.75 Å². The van der Waals surface area contributed by atoms with Crippen LogP contribution >= 0.6 is 0 Å². The van der Waals surface area contributed by atoms with Gasteiger partial charge in [-0.15, -0.1) is 0 Å². The van der Waals surface area contributed by atoms with E-state index < -0.39 is 5.97 Å². The largest absolute Gasteiger partial charge is 0.479 e. The van der Waals surface area contributed by atoms with Gasteiger partial charge in [-0.3, -0.25) is 4.68 Å². The van der Waals surface area contributed by atoms with Gasteiger partial charge in [-0.25, -0.2) is 4.79 Å². The van der Waals surface area contributed by atoms with Gasteiger partial charge in [0.2, 0.25) is 0 Å². The Balaban J connectivity index is 2.64. The first-order valence-electron chi connectivity index (χ1n) is 4.29. The Morgan fingerprint density at radius 2 is 2.29 bits per heavy atom. The lowest BCUT2D eigenvalue weighted by molar-refractivity contribution is -0.139. The number of aliphatic carboxylic acids is 1. The molecule has 0 amide bonds. The first kappa shape index (κ1) is 10.6. The zero-order valence-corrected chi connectivity index (χ0v) is 8.52. The minimum absolute atomic E-state index is 0.120. The fourth-order valence-corrected chi connectivity index (χ4v) is 0.893. The van der Waals surface area contributed by atoms with Gasteiger partial charge in [0.05, 0.1) is 17.9 Å². The van der Waals surface area contributed by atoms with E-state index in [1.807, 2.05) is 20.8 Å². The van der Waals surface area contributed by atoms with Gasteiger partial charge in [0.25, 0.3) is 0 Å². The predicted molar refractivity (Wildman–Crippen MR) is 50.4 cm³/mol. The minimum atomic E-state index is -0.992. The van der Waals surface area contributed by atoms with Gasteiger partial charge in [0, 0.05) is 0 Å². The van der Waals surface area contributed by atoms with Crippen molar-refractivity contribution in [1.82, 2.24) is 9.78 Å². The van der Waals surface area contributed by atoms with Crippen LogP contribution in [0.25, 0.3) is 0 Å². The van der Waals surface area contributed by atoms with E-state index in [0.717, 1.165) is 0 Å². The van der Waals surface area contributed by atoms with E-state index in [9.17, 15) is 4.79 Å². The summed E-state index contributed by atoms with van der Waals surface area (Å²) in [7, 11) is 0. The van der Waals surface area contributed by atoms with E-state index >= 15 is 0 Å². The molecule has 1 N–H and O–H groups in total. The zero-order chi connectivity index (χ0) is 10.8. The Kier molecular flexibility index (Phi) is 2.78. The maximum Gasteiger partial charge on any atom is 0.341 e. The summed E-state index contributed by atoms with van der Waals surface area (Å²) in [5.74, 6) is -0.518. The van der Waals surface area contributed by atoms with Crippen molar-refractivity contribution in [1.29, 1.82) is 0 Å². The van der Waals surface area contributed by atoms with Gasteiger partial charge >= 0.3 is 5.97 Å². The van der Waals surface area contributed by atoms with Gasteiger partial charge < -0.3 is 9.84 Å². The Hall–Kier alpha value is -1.52. The molecule has 0 aliphatic heterocycles. The number of rotatable bonds is 3. The van der Waals surface area contributed by atoms with Gasteiger partial charge in [-0.05, 0) is 20.8 Å². The van der Waals surface area contributed by atoms with Crippen molar-refractivity contribution < 1.29 is 14.6 Å². The lowest BCUT2D eigenvalue weighted by atomic mass is 10.1. The highest BCUT2D eigenvalue weighted by Gasteiger charge is 2.14. The molecule has 1 aromatic heterocycles. The molecule has 0 aliphatic rings. The zero-order valence-electron chi connectivity index (χ0n) is 8.52. The summed E-state index contributed by atoms with van der Waals surface area (Å²) in [6.07, 6.45) is 3.19. The van der Waals surface area contributed by atoms with E-state index in [4.69, 9.17) is 9.84 Å². The van der Waals surface area contributed by atoms with Crippen molar-refractivity contribution in [3.05, 3.63) is 12.4 Å². The van der Waals surface area contributed by atoms with Crippen molar-refractivity contribution in [2.75, 3.05) is 6.61 Å². The number of carbonyl (C=O) groups is 1. The maximum atomic E-state index is 10.2. The van der Waals surface area contributed by atoms with Crippen LogP contribution in [-0.2, 0) is 10.3 Å². The Bertz CT molecular complexity index is 325. The highest BCUT2D eigenvalue weighted by molar-refractivity contribution is 5.68. The van der Waals surface area contributed by atoms with Crippen LogP contribution in [0.3, 0.4) is 0 Å². The molecule has 0 radical (unpaired) electrons. The third-order valence-electron chi connectivity index (χ3n) is 1.61. The molecule has 0 aliphatic carbocycles. The smallest absolute Gasteiger partial charge is 0.341 e. The first-order chi connectivity index (χ1) is 6.39. The normalized spacial score (nSPS) is 11.4. The molecule has 0 saturated carbocycles. The predicted octanol–water partition coefficient (Wildman–Crippen LogP) is 1.10. The van der Waals surface area contributed by atoms with Crippen molar-refractivity contribution in [2.24, 2.45) is 0 Å². The second-order valence-corrected chi connectivity index (χ2v) is 3.97. The molecule has 14 heavy (non-hydrogen) atoms.